The standard InChI is InChI=1S/C21H25FN4O2/c1-21(2)11-28-19-12(10-24-26(19)21)9-23-20(27)25-18-15-7-3-5-13(15)17(22)14-6-4-8-16(14)18/h10H,3-9,11H2,1-2H3,(H2,23,25,27). The maximum atomic E-state index is 14.8. The van der Waals surface area contributed by atoms with E-state index in [1.54, 1.807) is 6.20 Å². The average molecular weight is 384 g/mol. The number of anilines is 1. The van der Waals surface area contributed by atoms with Crippen molar-refractivity contribution in [1.29, 1.82) is 0 Å². The lowest BCUT2D eigenvalue weighted by atomic mass is 9.98. The number of hydrogen-bond donors (Lipinski definition) is 2. The minimum Gasteiger partial charge on any atom is -0.475 e. The van der Waals surface area contributed by atoms with Gasteiger partial charge in [0.25, 0.3) is 0 Å². The number of ether oxygens (including phenoxy) is 1. The highest BCUT2D eigenvalue weighted by molar-refractivity contribution is 5.92. The minimum atomic E-state index is -0.271. The Labute approximate surface area is 163 Å². The summed E-state index contributed by atoms with van der Waals surface area (Å²) >= 11 is 0. The molecule has 1 aromatic heterocycles. The van der Waals surface area contributed by atoms with Crippen molar-refractivity contribution in [3.63, 3.8) is 0 Å². The van der Waals surface area contributed by atoms with Crippen LogP contribution >= 0.6 is 0 Å². The van der Waals surface area contributed by atoms with Gasteiger partial charge in [-0.15, -0.1) is 0 Å². The quantitative estimate of drug-likeness (QED) is 0.852. The molecule has 3 aliphatic rings. The molecule has 0 saturated carbocycles. The van der Waals surface area contributed by atoms with Gasteiger partial charge in [0.05, 0.1) is 23.8 Å². The van der Waals surface area contributed by atoms with E-state index in [0.717, 1.165) is 72.0 Å². The average Bonchev–Trinajstić information content (AvgIpc) is 3.42. The van der Waals surface area contributed by atoms with Crippen molar-refractivity contribution >= 4 is 11.7 Å². The molecule has 1 aromatic carbocycles. The Morgan fingerprint density at radius 2 is 1.82 bits per heavy atom. The molecule has 2 heterocycles. The van der Waals surface area contributed by atoms with Crippen LogP contribution in [0, 0.1) is 5.82 Å². The number of rotatable bonds is 3. The summed E-state index contributed by atoms with van der Waals surface area (Å²) in [4.78, 5) is 12.6. The molecule has 1 aliphatic heterocycles. The topological polar surface area (TPSA) is 68.2 Å². The van der Waals surface area contributed by atoms with Gasteiger partial charge in [-0.25, -0.2) is 13.9 Å². The van der Waals surface area contributed by atoms with E-state index in [0.29, 0.717) is 19.0 Å². The third kappa shape index (κ3) is 2.59. The number of nitrogens with zero attached hydrogens (tertiary/aromatic N) is 2. The minimum absolute atomic E-state index is 0.0267. The summed E-state index contributed by atoms with van der Waals surface area (Å²) < 4.78 is 22.4. The van der Waals surface area contributed by atoms with Crippen LogP contribution < -0.4 is 15.4 Å². The predicted octanol–water partition coefficient (Wildman–Crippen LogP) is 3.45. The van der Waals surface area contributed by atoms with Crippen LogP contribution in [0.25, 0.3) is 0 Å². The number of carbonyl (C=O) groups excluding carboxylic acids is 1. The molecule has 5 rings (SSSR count). The van der Waals surface area contributed by atoms with E-state index in [1.165, 1.54) is 0 Å². The van der Waals surface area contributed by atoms with E-state index in [9.17, 15) is 9.18 Å². The molecular weight excluding hydrogens is 359 g/mol. The maximum Gasteiger partial charge on any atom is 0.319 e. The zero-order chi connectivity index (χ0) is 19.5. The fourth-order valence-corrected chi connectivity index (χ4v) is 4.76. The summed E-state index contributed by atoms with van der Waals surface area (Å²) in [6.07, 6.45) is 6.82. The first-order chi connectivity index (χ1) is 13.5. The van der Waals surface area contributed by atoms with E-state index >= 15 is 0 Å². The van der Waals surface area contributed by atoms with Gasteiger partial charge in [0.1, 0.15) is 12.4 Å². The molecule has 148 valence electrons. The van der Waals surface area contributed by atoms with Crippen molar-refractivity contribution in [2.24, 2.45) is 0 Å². The van der Waals surface area contributed by atoms with E-state index in [4.69, 9.17) is 4.74 Å². The van der Waals surface area contributed by atoms with Gasteiger partial charge in [-0.05, 0) is 74.6 Å². The van der Waals surface area contributed by atoms with Crippen molar-refractivity contribution < 1.29 is 13.9 Å². The molecule has 2 aliphatic carbocycles. The molecular formula is C21H25FN4O2. The van der Waals surface area contributed by atoms with E-state index in [-0.39, 0.29) is 17.4 Å². The largest absolute Gasteiger partial charge is 0.475 e. The maximum absolute atomic E-state index is 14.8. The van der Waals surface area contributed by atoms with Crippen LogP contribution in [-0.4, -0.2) is 22.4 Å². The smallest absolute Gasteiger partial charge is 0.319 e. The molecule has 0 spiro atoms. The number of urea groups is 1. The molecule has 0 saturated heterocycles. The molecule has 0 bridgehead atoms. The number of carbonyl (C=O) groups is 1. The Hall–Kier alpha value is -2.57. The number of amides is 2. The van der Waals surface area contributed by atoms with Crippen molar-refractivity contribution in [2.45, 2.75) is 64.5 Å². The zero-order valence-corrected chi connectivity index (χ0v) is 16.3. The monoisotopic (exact) mass is 384 g/mol. The van der Waals surface area contributed by atoms with Crippen molar-refractivity contribution in [3.8, 4) is 5.88 Å². The Balaban J connectivity index is 1.34. The van der Waals surface area contributed by atoms with Crippen LogP contribution in [0.15, 0.2) is 6.20 Å². The van der Waals surface area contributed by atoms with Gasteiger partial charge in [-0.1, -0.05) is 0 Å². The van der Waals surface area contributed by atoms with Gasteiger partial charge < -0.3 is 15.4 Å². The SMILES string of the molecule is CC1(C)COc2c(CNC(=O)Nc3c4c(c(F)c5c3CCC5)CCC4)cnn21. The Kier molecular flexibility index (Phi) is 3.89. The number of hydrogen-bond acceptors (Lipinski definition) is 3. The van der Waals surface area contributed by atoms with E-state index in [1.807, 2.05) is 4.68 Å². The van der Waals surface area contributed by atoms with Crippen molar-refractivity contribution in [1.82, 2.24) is 15.1 Å². The molecule has 2 amide bonds. The van der Waals surface area contributed by atoms with E-state index in [2.05, 4.69) is 29.6 Å². The number of halogens is 1. The van der Waals surface area contributed by atoms with Crippen LogP contribution in [0.5, 0.6) is 5.88 Å². The third-order valence-electron chi connectivity index (χ3n) is 6.18. The second-order valence-corrected chi connectivity index (χ2v) is 8.61. The summed E-state index contributed by atoms with van der Waals surface area (Å²) in [7, 11) is 0. The highest BCUT2D eigenvalue weighted by atomic mass is 19.1. The van der Waals surface area contributed by atoms with Gasteiger partial charge in [-0.2, -0.15) is 5.10 Å². The van der Waals surface area contributed by atoms with Crippen LogP contribution in [-0.2, 0) is 37.8 Å². The zero-order valence-electron chi connectivity index (χ0n) is 16.3. The van der Waals surface area contributed by atoms with Crippen LogP contribution in [0.4, 0.5) is 14.9 Å². The molecule has 6 nitrogen and oxygen atoms in total. The highest BCUT2D eigenvalue weighted by Gasteiger charge is 2.34. The first-order valence-electron chi connectivity index (χ1n) is 10.1. The van der Waals surface area contributed by atoms with Gasteiger partial charge in [0, 0.05) is 5.69 Å². The Bertz CT molecular complexity index is 944. The molecule has 28 heavy (non-hydrogen) atoms. The van der Waals surface area contributed by atoms with Gasteiger partial charge in [0.2, 0.25) is 5.88 Å². The summed E-state index contributed by atoms with van der Waals surface area (Å²) in [6, 6.07) is -0.271. The van der Waals surface area contributed by atoms with Gasteiger partial charge in [-0.3, -0.25) is 0 Å². The van der Waals surface area contributed by atoms with E-state index < -0.39 is 0 Å². The predicted molar refractivity (Wildman–Crippen MR) is 103 cm³/mol. The fraction of sp³-hybridized carbons (Fsp3) is 0.524. The molecule has 0 atom stereocenters. The molecule has 2 aromatic rings. The summed E-state index contributed by atoms with van der Waals surface area (Å²) in [5.74, 6) is 0.690. The highest BCUT2D eigenvalue weighted by Crippen LogP contribution is 2.41. The second-order valence-electron chi connectivity index (χ2n) is 8.61. The number of aromatic nitrogens is 2. The van der Waals surface area contributed by atoms with Crippen LogP contribution in [0.3, 0.4) is 0 Å². The number of nitrogens with one attached hydrogen (secondary N) is 2. The first-order valence-corrected chi connectivity index (χ1v) is 10.1. The lowest BCUT2D eigenvalue weighted by molar-refractivity contribution is 0.250. The Morgan fingerprint density at radius 3 is 2.50 bits per heavy atom. The molecule has 7 heteroatoms. The van der Waals surface area contributed by atoms with Crippen molar-refractivity contribution in [3.05, 3.63) is 39.8 Å². The van der Waals surface area contributed by atoms with Crippen molar-refractivity contribution in [2.75, 3.05) is 11.9 Å². The Morgan fingerprint density at radius 1 is 1.18 bits per heavy atom. The third-order valence-corrected chi connectivity index (χ3v) is 6.18. The molecule has 2 N–H and O–H groups in total. The first kappa shape index (κ1) is 17.5. The summed E-state index contributed by atoms with van der Waals surface area (Å²) in [6.45, 7) is 5.04. The van der Waals surface area contributed by atoms with Crippen LogP contribution in [0.1, 0.15) is 54.5 Å². The van der Waals surface area contributed by atoms with Crippen LogP contribution in [0.2, 0.25) is 0 Å². The second kappa shape index (κ2) is 6.22. The van der Waals surface area contributed by atoms with Gasteiger partial charge in [0.15, 0.2) is 0 Å². The molecule has 0 radical (unpaired) electrons. The number of benzene rings is 1. The number of fused-ring (bicyclic) bond motifs is 3. The summed E-state index contributed by atoms with van der Waals surface area (Å²) in [5, 5.41) is 10.3. The molecule has 0 fully saturated rings. The summed E-state index contributed by atoms with van der Waals surface area (Å²) in [5.41, 5.74) is 5.12. The lowest BCUT2D eigenvalue weighted by Gasteiger charge is -2.17. The van der Waals surface area contributed by atoms with Gasteiger partial charge >= 0.3 is 6.03 Å². The normalized spacial score (nSPS) is 18.4. The fourth-order valence-electron chi connectivity index (χ4n) is 4.76. The lowest BCUT2D eigenvalue weighted by Crippen LogP contribution is -2.29. The molecule has 0 unspecified atom stereocenters.